The Bertz CT molecular complexity index is 936. The van der Waals surface area contributed by atoms with Crippen molar-refractivity contribution in [1.29, 1.82) is 0 Å². The molecule has 0 aliphatic heterocycles. The molecule has 0 aliphatic rings. The van der Waals surface area contributed by atoms with Gasteiger partial charge in [-0.1, -0.05) is 6.07 Å². The molecule has 0 fully saturated rings. The van der Waals surface area contributed by atoms with Crippen molar-refractivity contribution in [3.05, 3.63) is 65.7 Å². The molecule has 0 atom stereocenters. The number of hydrogen-bond donors (Lipinski definition) is 1. The van der Waals surface area contributed by atoms with Gasteiger partial charge < -0.3 is 5.11 Å². The second kappa shape index (κ2) is 6.00. The van der Waals surface area contributed by atoms with E-state index < -0.39 is 23.5 Å². The number of nitrogens with zero attached hydrogens (tertiary/aromatic N) is 3. The molecule has 3 aromatic rings. The monoisotopic (exact) mass is 351 g/mol. The lowest BCUT2D eigenvalue weighted by Crippen LogP contribution is -2.09. The highest BCUT2D eigenvalue weighted by Crippen LogP contribution is 2.32. The van der Waals surface area contributed by atoms with E-state index in [1.165, 1.54) is 12.3 Å². The highest BCUT2D eigenvalue weighted by atomic mass is 19.4. The first-order valence-corrected chi connectivity index (χ1v) is 6.89. The molecular weight excluding hydrogens is 342 g/mol. The number of hydrogen-bond acceptors (Lipinski definition) is 3. The molecule has 9 heteroatoms. The molecule has 2 aromatic heterocycles. The van der Waals surface area contributed by atoms with Crippen LogP contribution in [0.25, 0.3) is 17.1 Å². The fraction of sp³-hybridized carbons (Fsp3) is 0.0625. The van der Waals surface area contributed by atoms with Crippen molar-refractivity contribution in [1.82, 2.24) is 14.8 Å². The van der Waals surface area contributed by atoms with Gasteiger partial charge in [-0.3, -0.25) is 4.98 Å². The largest absolute Gasteiger partial charge is 0.476 e. The normalized spacial score (nSPS) is 11.5. The lowest BCUT2D eigenvalue weighted by molar-refractivity contribution is -0.140. The van der Waals surface area contributed by atoms with E-state index in [0.29, 0.717) is 17.8 Å². The Morgan fingerprint density at radius 3 is 2.44 bits per heavy atom. The summed E-state index contributed by atoms with van der Waals surface area (Å²) < 4.78 is 52.9. The van der Waals surface area contributed by atoms with Gasteiger partial charge in [-0.25, -0.2) is 13.9 Å². The maximum absolute atomic E-state index is 13.8. The highest BCUT2D eigenvalue weighted by molar-refractivity contribution is 5.87. The van der Waals surface area contributed by atoms with Gasteiger partial charge in [-0.15, -0.1) is 0 Å². The highest BCUT2D eigenvalue weighted by Gasteiger charge is 2.34. The standard InChI is InChI=1S/C16H9F4N3O2/c17-11-7-9(4-5-10(11)16(18,19)20)23-14(8-13(22-23)15(24)25)12-3-1-2-6-21-12/h1-8H,(H,24,25). The van der Waals surface area contributed by atoms with Gasteiger partial charge in [0.2, 0.25) is 0 Å². The molecule has 3 rings (SSSR count). The van der Waals surface area contributed by atoms with E-state index in [-0.39, 0.29) is 17.1 Å². The molecule has 1 N–H and O–H groups in total. The van der Waals surface area contributed by atoms with Crippen molar-refractivity contribution in [2.75, 3.05) is 0 Å². The Labute approximate surface area is 138 Å². The maximum atomic E-state index is 13.8. The lowest BCUT2D eigenvalue weighted by Gasteiger charge is -2.11. The van der Waals surface area contributed by atoms with E-state index >= 15 is 0 Å². The van der Waals surface area contributed by atoms with E-state index in [4.69, 9.17) is 5.11 Å². The number of carbonyl (C=O) groups is 1. The number of aromatic nitrogens is 3. The summed E-state index contributed by atoms with van der Waals surface area (Å²) in [5.74, 6) is -2.81. The number of aromatic carboxylic acids is 1. The topological polar surface area (TPSA) is 68.0 Å². The number of benzene rings is 1. The minimum absolute atomic E-state index is 0.0568. The number of alkyl halides is 3. The molecular formula is C16H9F4N3O2. The first kappa shape index (κ1) is 16.6. The predicted molar refractivity (Wildman–Crippen MR) is 78.7 cm³/mol. The van der Waals surface area contributed by atoms with E-state index in [2.05, 4.69) is 10.1 Å². The van der Waals surface area contributed by atoms with E-state index in [9.17, 15) is 22.4 Å². The number of rotatable bonds is 3. The fourth-order valence-electron chi connectivity index (χ4n) is 2.24. The molecule has 0 aliphatic carbocycles. The van der Waals surface area contributed by atoms with Crippen molar-refractivity contribution in [2.24, 2.45) is 0 Å². The third kappa shape index (κ3) is 3.21. The van der Waals surface area contributed by atoms with Crippen LogP contribution >= 0.6 is 0 Å². The van der Waals surface area contributed by atoms with Gasteiger partial charge in [-0.05, 0) is 24.3 Å². The first-order chi connectivity index (χ1) is 11.8. The van der Waals surface area contributed by atoms with Crippen molar-refractivity contribution >= 4 is 5.97 Å². The summed E-state index contributed by atoms with van der Waals surface area (Å²) in [6.45, 7) is 0. The molecule has 0 spiro atoms. The molecule has 0 amide bonds. The second-order valence-corrected chi connectivity index (χ2v) is 5.01. The molecule has 0 saturated carbocycles. The average Bonchev–Trinajstić information content (AvgIpc) is 3.00. The number of halogens is 4. The van der Waals surface area contributed by atoms with Crippen molar-refractivity contribution in [3.63, 3.8) is 0 Å². The minimum atomic E-state index is -4.83. The summed E-state index contributed by atoms with van der Waals surface area (Å²) in [4.78, 5) is 15.2. The maximum Gasteiger partial charge on any atom is 0.419 e. The molecule has 1 aromatic carbocycles. The molecule has 5 nitrogen and oxygen atoms in total. The van der Waals surface area contributed by atoms with Crippen LogP contribution in [-0.4, -0.2) is 25.8 Å². The van der Waals surface area contributed by atoms with Crippen LogP contribution in [0.4, 0.5) is 17.6 Å². The zero-order chi connectivity index (χ0) is 18.2. The number of pyridine rings is 1. The molecule has 128 valence electrons. The molecule has 0 bridgehead atoms. The van der Waals surface area contributed by atoms with Crippen LogP contribution in [0.5, 0.6) is 0 Å². The number of carboxylic acids is 1. The van der Waals surface area contributed by atoms with Crippen LogP contribution in [0.2, 0.25) is 0 Å². The molecule has 0 saturated heterocycles. The van der Waals surface area contributed by atoms with Gasteiger partial charge in [0.25, 0.3) is 0 Å². The van der Waals surface area contributed by atoms with Gasteiger partial charge >= 0.3 is 12.1 Å². The Morgan fingerprint density at radius 1 is 1.12 bits per heavy atom. The summed E-state index contributed by atoms with van der Waals surface area (Å²) in [6, 6.07) is 8.30. The van der Waals surface area contributed by atoms with Crippen LogP contribution in [0, 0.1) is 5.82 Å². The summed E-state index contributed by atoms with van der Waals surface area (Å²) >= 11 is 0. The predicted octanol–water partition coefficient (Wildman–Crippen LogP) is 3.79. The summed E-state index contributed by atoms with van der Waals surface area (Å²) in [5, 5.41) is 12.9. The minimum Gasteiger partial charge on any atom is -0.476 e. The fourth-order valence-corrected chi connectivity index (χ4v) is 2.24. The lowest BCUT2D eigenvalue weighted by atomic mass is 10.1. The molecule has 0 unspecified atom stereocenters. The quantitative estimate of drug-likeness (QED) is 0.729. The van der Waals surface area contributed by atoms with Crippen LogP contribution in [0.1, 0.15) is 16.1 Å². The van der Waals surface area contributed by atoms with Gasteiger partial charge in [0, 0.05) is 18.3 Å². The average molecular weight is 351 g/mol. The Kier molecular flexibility index (Phi) is 3.99. The van der Waals surface area contributed by atoms with Gasteiger partial charge in [-0.2, -0.15) is 18.3 Å². The van der Waals surface area contributed by atoms with E-state index in [0.717, 1.165) is 10.7 Å². The van der Waals surface area contributed by atoms with Crippen molar-refractivity contribution < 1.29 is 27.5 Å². The van der Waals surface area contributed by atoms with Crippen LogP contribution in [0.3, 0.4) is 0 Å². The van der Waals surface area contributed by atoms with E-state index in [1.54, 1.807) is 18.2 Å². The van der Waals surface area contributed by atoms with Crippen molar-refractivity contribution in [2.45, 2.75) is 6.18 Å². The van der Waals surface area contributed by atoms with Gasteiger partial charge in [0.1, 0.15) is 5.82 Å². The van der Waals surface area contributed by atoms with Gasteiger partial charge in [0.15, 0.2) is 5.69 Å². The zero-order valence-electron chi connectivity index (χ0n) is 12.3. The zero-order valence-corrected chi connectivity index (χ0v) is 12.3. The smallest absolute Gasteiger partial charge is 0.419 e. The summed E-state index contributed by atoms with van der Waals surface area (Å²) in [7, 11) is 0. The third-order valence-corrected chi connectivity index (χ3v) is 3.36. The third-order valence-electron chi connectivity index (χ3n) is 3.36. The SMILES string of the molecule is O=C(O)c1cc(-c2ccccn2)n(-c2ccc(C(F)(F)F)c(F)c2)n1. The summed E-state index contributed by atoms with van der Waals surface area (Å²) in [5.41, 5.74) is -1.28. The molecule has 2 heterocycles. The Hall–Kier alpha value is -3.23. The second-order valence-electron chi connectivity index (χ2n) is 5.01. The first-order valence-electron chi connectivity index (χ1n) is 6.89. The Morgan fingerprint density at radius 2 is 1.88 bits per heavy atom. The van der Waals surface area contributed by atoms with Crippen LogP contribution < -0.4 is 0 Å². The van der Waals surface area contributed by atoms with E-state index in [1.807, 2.05) is 0 Å². The summed E-state index contributed by atoms with van der Waals surface area (Å²) in [6.07, 6.45) is -3.37. The number of carboxylic acid groups (broad SMARTS) is 1. The van der Waals surface area contributed by atoms with Crippen LogP contribution in [0.15, 0.2) is 48.7 Å². The van der Waals surface area contributed by atoms with Crippen molar-refractivity contribution in [3.8, 4) is 17.1 Å². The molecule has 0 radical (unpaired) electrons. The Balaban J connectivity index is 2.17. The molecule has 25 heavy (non-hydrogen) atoms. The van der Waals surface area contributed by atoms with Gasteiger partial charge in [0.05, 0.1) is 22.6 Å². The van der Waals surface area contributed by atoms with Crippen LogP contribution in [-0.2, 0) is 6.18 Å².